The zero-order chi connectivity index (χ0) is 21.0. The average molecular weight is 430 g/mol. The number of anilines is 1. The maximum absolute atomic E-state index is 12.9. The number of aromatic nitrogens is 1. The molecule has 1 aromatic heterocycles. The van der Waals surface area contributed by atoms with Gasteiger partial charge in [-0.25, -0.2) is 9.37 Å². The first-order valence-electron chi connectivity index (χ1n) is 9.25. The quantitative estimate of drug-likeness (QED) is 0.635. The molecule has 2 N–H and O–H groups in total. The fraction of sp³-hybridized carbons (Fsp3) is 0.400. The van der Waals surface area contributed by atoms with Crippen LogP contribution in [0.25, 0.3) is 0 Å². The van der Waals surface area contributed by atoms with Gasteiger partial charge in [0.2, 0.25) is 0 Å². The minimum absolute atomic E-state index is 0.0137. The van der Waals surface area contributed by atoms with Gasteiger partial charge in [0.15, 0.2) is 0 Å². The summed E-state index contributed by atoms with van der Waals surface area (Å²) in [7, 11) is 0. The Morgan fingerprint density at radius 3 is 2.48 bits per heavy atom. The van der Waals surface area contributed by atoms with Crippen molar-refractivity contribution in [3.05, 3.63) is 58.5 Å². The molecule has 0 aliphatic heterocycles. The van der Waals surface area contributed by atoms with Crippen LogP contribution < -0.4 is 10.6 Å². The van der Waals surface area contributed by atoms with Crippen molar-refractivity contribution in [1.29, 1.82) is 0 Å². The summed E-state index contributed by atoms with van der Waals surface area (Å²) in [4.78, 5) is 16.4. The predicted molar refractivity (Wildman–Crippen MR) is 102 cm³/mol. The van der Waals surface area contributed by atoms with E-state index < -0.39 is 23.5 Å². The van der Waals surface area contributed by atoms with Gasteiger partial charge in [0.1, 0.15) is 11.6 Å². The molecule has 1 aliphatic rings. The van der Waals surface area contributed by atoms with E-state index in [0.29, 0.717) is 31.1 Å². The van der Waals surface area contributed by atoms with E-state index in [1.54, 1.807) is 6.07 Å². The highest BCUT2D eigenvalue weighted by atomic mass is 35.5. The smallest absolute Gasteiger partial charge is 0.370 e. The minimum Gasteiger partial charge on any atom is -0.370 e. The molecule has 1 fully saturated rings. The summed E-state index contributed by atoms with van der Waals surface area (Å²) in [6.07, 6.45) is -0.278. The third kappa shape index (κ3) is 5.82. The van der Waals surface area contributed by atoms with Gasteiger partial charge in [-0.05, 0) is 61.9 Å². The molecule has 2 aromatic rings. The van der Waals surface area contributed by atoms with Crippen molar-refractivity contribution in [3.8, 4) is 0 Å². The summed E-state index contributed by atoms with van der Waals surface area (Å²) in [5, 5.41) is 5.94. The molecule has 156 valence electrons. The number of halogens is 5. The summed E-state index contributed by atoms with van der Waals surface area (Å²) in [5.41, 5.74) is -1.08. The van der Waals surface area contributed by atoms with E-state index in [2.05, 4.69) is 15.6 Å². The van der Waals surface area contributed by atoms with E-state index in [0.717, 1.165) is 37.2 Å². The molecule has 9 heteroatoms. The second-order valence-electron chi connectivity index (χ2n) is 7.13. The molecular formula is C20H20ClF4N3O. The summed E-state index contributed by atoms with van der Waals surface area (Å²) < 4.78 is 51.5. The molecule has 0 saturated heterocycles. The number of amides is 1. The van der Waals surface area contributed by atoms with Crippen LogP contribution in [0.3, 0.4) is 0 Å². The van der Waals surface area contributed by atoms with Crippen LogP contribution in [0.5, 0.6) is 0 Å². The van der Waals surface area contributed by atoms with Crippen LogP contribution in [0.15, 0.2) is 36.5 Å². The number of carbonyl (C=O) groups is 1. The van der Waals surface area contributed by atoms with Crippen LogP contribution in [0, 0.1) is 11.7 Å². The number of benzene rings is 1. The molecule has 0 spiro atoms. The van der Waals surface area contributed by atoms with Gasteiger partial charge < -0.3 is 10.6 Å². The van der Waals surface area contributed by atoms with E-state index in [1.165, 1.54) is 6.07 Å². The first kappa shape index (κ1) is 21.4. The Morgan fingerprint density at radius 2 is 1.86 bits per heavy atom. The molecule has 1 aromatic carbocycles. The predicted octanol–water partition coefficient (Wildman–Crippen LogP) is 5.29. The van der Waals surface area contributed by atoms with Crippen molar-refractivity contribution in [1.82, 2.24) is 10.3 Å². The first-order chi connectivity index (χ1) is 13.7. The zero-order valence-corrected chi connectivity index (χ0v) is 16.2. The third-order valence-electron chi connectivity index (χ3n) is 5.02. The molecule has 1 saturated carbocycles. The molecule has 0 bridgehead atoms. The van der Waals surface area contributed by atoms with Crippen LogP contribution in [0.2, 0.25) is 5.02 Å². The van der Waals surface area contributed by atoms with Crippen LogP contribution in [-0.2, 0) is 6.18 Å². The van der Waals surface area contributed by atoms with E-state index >= 15 is 0 Å². The van der Waals surface area contributed by atoms with E-state index in [9.17, 15) is 22.4 Å². The molecule has 29 heavy (non-hydrogen) atoms. The van der Waals surface area contributed by atoms with Gasteiger partial charge in [0, 0.05) is 12.6 Å². The van der Waals surface area contributed by atoms with Gasteiger partial charge in [-0.2, -0.15) is 13.2 Å². The fourth-order valence-electron chi connectivity index (χ4n) is 3.38. The number of alkyl halides is 3. The van der Waals surface area contributed by atoms with Crippen LogP contribution in [0.4, 0.5) is 23.4 Å². The lowest BCUT2D eigenvalue weighted by Gasteiger charge is -2.29. The summed E-state index contributed by atoms with van der Waals surface area (Å²) in [5.74, 6) is -0.0287. The van der Waals surface area contributed by atoms with Gasteiger partial charge in [-0.15, -0.1) is 0 Å². The first-order valence-corrected chi connectivity index (χ1v) is 9.63. The Hall–Kier alpha value is -2.35. The van der Waals surface area contributed by atoms with Gasteiger partial charge in [0.05, 0.1) is 22.3 Å². The number of nitrogens with one attached hydrogen (secondary N) is 2. The maximum Gasteiger partial charge on any atom is 0.416 e. The average Bonchev–Trinajstić information content (AvgIpc) is 2.68. The Kier molecular flexibility index (Phi) is 6.62. The molecule has 1 aliphatic carbocycles. The van der Waals surface area contributed by atoms with Crippen molar-refractivity contribution in [2.75, 3.05) is 11.9 Å². The highest BCUT2D eigenvalue weighted by Crippen LogP contribution is 2.32. The monoisotopic (exact) mass is 429 g/mol. The second-order valence-corrected chi connectivity index (χ2v) is 7.53. The van der Waals surface area contributed by atoms with Gasteiger partial charge >= 0.3 is 6.18 Å². The number of pyridine rings is 1. The molecule has 3 rings (SSSR count). The van der Waals surface area contributed by atoms with Crippen molar-refractivity contribution in [2.45, 2.75) is 37.9 Å². The van der Waals surface area contributed by atoms with Gasteiger partial charge in [-0.1, -0.05) is 11.6 Å². The zero-order valence-electron chi connectivity index (χ0n) is 15.4. The number of nitrogens with zero attached hydrogens (tertiary/aromatic N) is 1. The third-order valence-corrected chi connectivity index (χ3v) is 5.35. The van der Waals surface area contributed by atoms with Crippen molar-refractivity contribution < 1.29 is 22.4 Å². The summed E-state index contributed by atoms with van der Waals surface area (Å²) in [6.45, 7) is 0.679. The Labute approximate surface area is 170 Å². The van der Waals surface area contributed by atoms with Crippen molar-refractivity contribution in [3.63, 3.8) is 0 Å². The fourth-order valence-corrected chi connectivity index (χ4v) is 3.58. The number of hydrogen-bond acceptors (Lipinski definition) is 3. The summed E-state index contributed by atoms with van der Waals surface area (Å²) in [6, 6.07) is 5.51. The molecule has 4 nitrogen and oxygen atoms in total. The number of rotatable bonds is 5. The normalized spacial score (nSPS) is 19.6. The molecule has 1 amide bonds. The largest absolute Gasteiger partial charge is 0.416 e. The molecule has 0 atom stereocenters. The lowest BCUT2D eigenvalue weighted by atomic mass is 9.86. The van der Waals surface area contributed by atoms with Crippen molar-refractivity contribution in [2.24, 2.45) is 5.92 Å². The van der Waals surface area contributed by atoms with Crippen LogP contribution in [-0.4, -0.2) is 23.5 Å². The maximum atomic E-state index is 12.9. The Bertz CT molecular complexity index is 850. The van der Waals surface area contributed by atoms with E-state index in [-0.39, 0.29) is 16.6 Å². The van der Waals surface area contributed by atoms with Crippen LogP contribution >= 0.6 is 11.6 Å². The lowest BCUT2D eigenvalue weighted by molar-refractivity contribution is -0.137. The van der Waals surface area contributed by atoms with Crippen molar-refractivity contribution >= 4 is 23.3 Å². The Balaban J connectivity index is 1.50. The Morgan fingerprint density at radius 1 is 1.14 bits per heavy atom. The highest BCUT2D eigenvalue weighted by Gasteiger charge is 2.32. The topological polar surface area (TPSA) is 54.0 Å². The van der Waals surface area contributed by atoms with Gasteiger partial charge in [-0.3, -0.25) is 4.79 Å². The number of hydrogen-bond donors (Lipinski definition) is 2. The second kappa shape index (κ2) is 8.98. The SMILES string of the molecule is O=C(NC1CCC(CNc2ccc(F)cn2)CC1)c1cc(C(F)(F)F)ccc1Cl. The van der Waals surface area contributed by atoms with Gasteiger partial charge in [0.25, 0.3) is 5.91 Å². The molecule has 0 unspecified atom stereocenters. The van der Waals surface area contributed by atoms with E-state index in [4.69, 9.17) is 11.6 Å². The highest BCUT2D eigenvalue weighted by molar-refractivity contribution is 6.33. The molecule has 0 radical (unpaired) electrons. The van der Waals surface area contributed by atoms with Crippen LogP contribution in [0.1, 0.15) is 41.6 Å². The summed E-state index contributed by atoms with van der Waals surface area (Å²) >= 11 is 5.93. The lowest BCUT2D eigenvalue weighted by Crippen LogP contribution is -2.38. The minimum atomic E-state index is -4.54. The number of carbonyl (C=O) groups excluding carboxylic acids is 1. The molecule has 1 heterocycles. The molecular weight excluding hydrogens is 410 g/mol. The van der Waals surface area contributed by atoms with E-state index in [1.807, 2.05) is 0 Å². The standard InChI is InChI=1S/C20H20ClF4N3O/c21-17-7-3-13(20(23,24)25)9-16(17)19(29)28-15-5-1-12(2-6-15)10-26-18-8-4-14(22)11-27-18/h3-4,7-9,11-12,15H,1-2,5-6,10H2,(H,26,27)(H,28,29).